The van der Waals surface area contributed by atoms with Crippen LogP contribution in [0, 0.1) is 12.3 Å². The quantitative estimate of drug-likeness (QED) is 0.607. The van der Waals surface area contributed by atoms with Crippen molar-refractivity contribution in [2.24, 2.45) is 0 Å². The Bertz CT molecular complexity index is 533. The van der Waals surface area contributed by atoms with Crippen LogP contribution >= 0.6 is 15.9 Å². The van der Waals surface area contributed by atoms with E-state index in [0.717, 1.165) is 19.5 Å². The highest BCUT2D eigenvalue weighted by molar-refractivity contribution is 9.10. The van der Waals surface area contributed by atoms with E-state index in [1.54, 1.807) is 6.20 Å². The molecule has 0 amide bonds. The standard InChI is InChI=1S/C14H21BrN4O/c1-5-8-19-14(20)13(15)12(10-17-19)16-7-6-9-18(4)11(2)3/h1,10-11,16H,6-9H2,2-4H3. The number of rotatable bonds is 7. The second-order valence-electron chi connectivity index (χ2n) is 4.89. The molecule has 0 aliphatic carbocycles. The largest absolute Gasteiger partial charge is 0.383 e. The van der Waals surface area contributed by atoms with Gasteiger partial charge in [0, 0.05) is 12.6 Å². The maximum Gasteiger partial charge on any atom is 0.284 e. The van der Waals surface area contributed by atoms with Crippen LogP contribution in [0.25, 0.3) is 0 Å². The number of anilines is 1. The minimum Gasteiger partial charge on any atom is -0.383 e. The molecule has 1 aromatic heterocycles. The van der Waals surface area contributed by atoms with Gasteiger partial charge in [-0.25, -0.2) is 4.68 Å². The van der Waals surface area contributed by atoms with Gasteiger partial charge in [-0.05, 0) is 49.8 Å². The third-order valence-corrected chi connectivity index (χ3v) is 3.88. The maximum atomic E-state index is 11.9. The predicted molar refractivity (Wildman–Crippen MR) is 85.9 cm³/mol. The molecule has 0 radical (unpaired) electrons. The van der Waals surface area contributed by atoms with Gasteiger partial charge in [0.15, 0.2) is 0 Å². The first-order valence-electron chi connectivity index (χ1n) is 6.60. The van der Waals surface area contributed by atoms with Crippen LogP contribution in [0.2, 0.25) is 0 Å². The van der Waals surface area contributed by atoms with Crippen LogP contribution in [-0.4, -0.2) is 40.9 Å². The summed E-state index contributed by atoms with van der Waals surface area (Å²) in [5.74, 6) is 2.40. The van der Waals surface area contributed by atoms with Gasteiger partial charge in [0.1, 0.15) is 11.0 Å². The lowest BCUT2D eigenvalue weighted by atomic mass is 10.3. The fourth-order valence-electron chi connectivity index (χ4n) is 1.60. The van der Waals surface area contributed by atoms with Gasteiger partial charge >= 0.3 is 0 Å². The number of aromatic nitrogens is 2. The number of halogens is 1. The Morgan fingerprint density at radius 2 is 2.30 bits per heavy atom. The van der Waals surface area contributed by atoms with E-state index in [-0.39, 0.29) is 12.1 Å². The molecule has 1 heterocycles. The molecule has 6 heteroatoms. The van der Waals surface area contributed by atoms with Crippen molar-refractivity contribution in [3.63, 3.8) is 0 Å². The van der Waals surface area contributed by atoms with E-state index in [2.05, 4.69) is 58.1 Å². The number of nitrogens with one attached hydrogen (secondary N) is 1. The summed E-state index contributed by atoms with van der Waals surface area (Å²) in [6, 6.07) is 0.538. The van der Waals surface area contributed by atoms with E-state index in [0.29, 0.717) is 16.2 Å². The lowest BCUT2D eigenvalue weighted by molar-refractivity contribution is 0.273. The van der Waals surface area contributed by atoms with Crippen LogP contribution in [0.15, 0.2) is 15.5 Å². The summed E-state index contributed by atoms with van der Waals surface area (Å²) in [6.45, 7) is 6.30. The molecule has 0 bridgehead atoms. The first-order valence-corrected chi connectivity index (χ1v) is 7.39. The average molecular weight is 341 g/mol. The highest BCUT2D eigenvalue weighted by Gasteiger charge is 2.08. The van der Waals surface area contributed by atoms with Crippen molar-refractivity contribution >= 4 is 21.6 Å². The van der Waals surface area contributed by atoms with Crippen molar-refractivity contribution < 1.29 is 0 Å². The van der Waals surface area contributed by atoms with Crippen molar-refractivity contribution in [3.8, 4) is 12.3 Å². The second-order valence-corrected chi connectivity index (χ2v) is 5.69. The Morgan fingerprint density at radius 1 is 1.60 bits per heavy atom. The van der Waals surface area contributed by atoms with E-state index in [9.17, 15) is 4.79 Å². The molecule has 1 rings (SSSR count). The summed E-state index contributed by atoms with van der Waals surface area (Å²) in [7, 11) is 2.10. The summed E-state index contributed by atoms with van der Waals surface area (Å²) in [5, 5.41) is 7.25. The Kier molecular flexibility index (Phi) is 6.76. The topological polar surface area (TPSA) is 50.2 Å². The molecule has 0 aliphatic heterocycles. The zero-order chi connectivity index (χ0) is 15.1. The molecule has 0 aliphatic rings. The van der Waals surface area contributed by atoms with Crippen LogP contribution in [0.3, 0.4) is 0 Å². The third kappa shape index (κ3) is 4.66. The van der Waals surface area contributed by atoms with Crippen molar-refractivity contribution in [2.45, 2.75) is 32.9 Å². The van der Waals surface area contributed by atoms with Crippen molar-refractivity contribution in [3.05, 3.63) is 21.0 Å². The summed E-state index contributed by atoms with van der Waals surface area (Å²) < 4.78 is 1.72. The van der Waals surface area contributed by atoms with E-state index in [1.807, 2.05) is 0 Å². The molecule has 0 aromatic carbocycles. The fourth-order valence-corrected chi connectivity index (χ4v) is 2.04. The molecule has 1 N–H and O–H groups in total. The van der Waals surface area contributed by atoms with Gasteiger partial charge in [0.05, 0.1) is 11.9 Å². The van der Waals surface area contributed by atoms with Crippen LogP contribution in [-0.2, 0) is 6.54 Å². The summed E-state index contributed by atoms with van der Waals surface area (Å²) in [6.07, 6.45) is 7.80. The maximum absolute atomic E-state index is 11.9. The molecule has 5 nitrogen and oxygen atoms in total. The van der Waals surface area contributed by atoms with Crippen LogP contribution < -0.4 is 10.9 Å². The van der Waals surface area contributed by atoms with E-state index in [4.69, 9.17) is 6.42 Å². The molecular formula is C14H21BrN4O. The lowest BCUT2D eigenvalue weighted by Crippen LogP contribution is -2.28. The smallest absolute Gasteiger partial charge is 0.284 e. The number of terminal acetylenes is 1. The van der Waals surface area contributed by atoms with Gasteiger partial charge in [-0.2, -0.15) is 5.10 Å². The second kappa shape index (κ2) is 8.08. The molecule has 0 atom stereocenters. The molecule has 0 saturated carbocycles. The first kappa shape index (κ1) is 16.7. The lowest BCUT2D eigenvalue weighted by Gasteiger charge is -2.20. The van der Waals surface area contributed by atoms with Crippen LogP contribution in [0.4, 0.5) is 5.69 Å². The Morgan fingerprint density at radius 3 is 2.90 bits per heavy atom. The van der Waals surface area contributed by atoms with E-state index >= 15 is 0 Å². The Hall–Kier alpha value is -1.32. The zero-order valence-electron chi connectivity index (χ0n) is 12.2. The van der Waals surface area contributed by atoms with Crippen LogP contribution in [0.5, 0.6) is 0 Å². The van der Waals surface area contributed by atoms with Crippen molar-refractivity contribution in [1.82, 2.24) is 14.7 Å². The highest BCUT2D eigenvalue weighted by atomic mass is 79.9. The summed E-state index contributed by atoms with van der Waals surface area (Å²) in [5.41, 5.74) is 0.489. The molecular weight excluding hydrogens is 320 g/mol. The summed E-state index contributed by atoms with van der Waals surface area (Å²) >= 11 is 3.29. The fraction of sp³-hybridized carbons (Fsp3) is 0.571. The number of hydrogen-bond donors (Lipinski definition) is 1. The molecule has 0 spiro atoms. The summed E-state index contributed by atoms with van der Waals surface area (Å²) in [4.78, 5) is 14.2. The van der Waals surface area contributed by atoms with E-state index in [1.165, 1.54) is 4.68 Å². The first-order chi connectivity index (χ1) is 9.47. The minimum absolute atomic E-state index is 0.177. The minimum atomic E-state index is -0.216. The zero-order valence-corrected chi connectivity index (χ0v) is 13.8. The van der Waals surface area contributed by atoms with Gasteiger partial charge in [-0.15, -0.1) is 6.42 Å². The van der Waals surface area contributed by atoms with E-state index < -0.39 is 0 Å². The molecule has 110 valence electrons. The van der Waals surface area contributed by atoms with Crippen molar-refractivity contribution in [2.75, 3.05) is 25.5 Å². The molecule has 1 aromatic rings. The number of nitrogens with zero attached hydrogens (tertiary/aromatic N) is 3. The van der Waals surface area contributed by atoms with Gasteiger partial charge in [0.2, 0.25) is 0 Å². The monoisotopic (exact) mass is 340 g/mol. The molecule has 0 unspecified atom stereocenters. The predicted octanol–water partition coefficient (Wildman–Crippen LogP) is 1.78. The van der Waals surface area contributed by atoms with Crippen LogP contribution in [0.1, 0.15) is 20.3 Å². The van der Waals surface area contributed by atoms with Gasteiger partial charge in [-0.1, -0.05) is 5.92 Å². The molecule has 0 fully saturated rings. The Labute approximate surface area is 128 Å². The average Bonchev–Trinajstić information content (AvgIpc) is 2.41. The highest BCUT2D eigenvalue weighted by Crippen LogP contribution is 2.15. The van der Waals surface area contributed by atoms with Gasteiger partial charge < -0.3 is 10.2 Å². The third-order valence-electron chi connectivity index (χ3n) is 3.11. The SMILES string of the molecule is C#CCn1ncc(NCCCN(C)C(C)C)c(Br)c1=O. The van der Waals surface area contributed by atoms with Gasteiger partial charge in [-0.3, -0.25) is 4.79 Å². The van der Waals surface area contributed by atoms with Crippen molar-refractivity contribution in [1.29, 1.82) is 0 Å². The molecule has 0 saturated heterocycles. The molecule has 20 heavy (non-hydrogen) atoms. The van der Waals surface area contributed by atoms with Gasteiger partial charge in [0.25, 0.3) is 5.56 Å². The number of hydrogen-bond acceptors (Lipinski definition) is 4. The Balaban J connectivity index is 2.56. The normalized spacial score (nSPS) is 10.8.